The molecule has 25 heavy (non-hydrogen) atoms. The van der Waals surface area contributed by atoms with Gasteiger partial charge in [-0.1, -0.05) is 6.08 Å². The maximum Gasteiger partial charge on any atom is 0.249 e. The van der Waals surface area contributed by atoms with Crippen LogP contribution < -0.4 is 0 Å². The van der Waals surface area contributed by atoms with Crippen LogP contribution in [-0.4, -0.2) is 75.4 Å². The fourth-order valence-corrected chi connectivity index (χ4v) is 4.43. The van der Waals surface area contributed by atoms with Crippen LogP contribution in [0.1, 0.15) is 44.9 Å². The highest BCUT2D eigenvalue weighted by atomic mass is 16.5. The summed E-state index contributed by atoms with van der Waals surface area (Å²) in [7, 11) is 4.13. The molecule has 2 aliphatic heterocycles. The Labute approximate surface area is 152 Å². The number of likely N-dealkylation sites (tertiary alicyclic amines) is 1. The number of hydrogen-bond acceptors (Lipinski definition) is 4. The van der Waals surface area contributed by atoms with Gasteiger partial charge >= 0.3 is 0 Å². The van der Waals surface area contributed by atoms with Crippen LogP contribution in [0.15, 0.2) is 11.6 Å². The lowest BCUT2D eigenvalue weighted by molar-refractivity contribution is -0.162. The molecule has 5 nitrogen and oxygen atoms in total. The summed E-state index contributed by atoms with van der Waals surface area (Å²) in [6, 6.07) is 0. The van der Waals surface area contributed by atoms with E-state index < -0.39 is 0 Å². The quantitative estimate of drug-likeness (QED) is 0.690. The van der Waals surface area contributed by atoms with Crippen molar-refractivity contribution in [2.45, 2.75) is 51.0 Å². The first-order chi connectivity index (χ1) is 12.1. The summed E-state index contributed by atoms with van der Waals surface area (Å²) in [5, 5.41) is 0. The molecule has 3 rings (SSSR count). The molecule has 0 aromatic heterocycles. The Bertz CT molecular complexity index is 491. The molecule has 2 heterocycles. The number of piperidine rings is 1. The van der Waals surface area contributed by atoms with Gasteiger partial charge < -0.3 is 19.3 Å². The molecule has 0 aromatic rings. The maximum absolute atomic E-state index is 13.0. The topological polar surface area (TPSA) is 42.0 Å². The first-order valence-corrected chi connectivity index (χ1v) is 9.93. The summed E-state index contributed by atoms with van der Waals surface area (Å²) in [4.78, 5) is 17.2. The summed E-state index contributed by atoms with van der Waals surface area (Å²) in [6.45, 7) is 4.82. The van der Waals surface area contributed by atoms with E-state index in [4.69, 9.17) is 9.47 Å². The number of nitrogens with zero attached hydrogens (tertiary/aromatic N) is 2. The number of rotatable bonds is 6. The Morgan fingerprint density at radius 3 is 3.04 bits per heavy atom. The summed E-state index contributed by atoms with van der Waals surface area (Å²) < 4.78 is 12.1. The Kier molecular flexibility index (Phi) is 6.53. The zero-order chi connectivity index (χ0) is 17.7. The molecule has 1 amide bonds. The lowest BCUT2D eigenvalue weighted by Gasteiger charge is -2.50. The van der Waals surface area contributed by atoms with E-state index in [-0.39, 0.29) is 17.4 Å². The van der Waals surface area contributed by atoms with Gasteiger partial charge in [-0.15, -0.1) is 0 Å². The van der Waals surface area contributed by atoms with Gasteiger partial charge in [0.2, 0.25) is 5.91 Å². The molecular formula is C20H34N2O3. The lowest BCUT2D eigenvalue weighted by Crippen LogP contribution is -2.58. The maximum atomic E-state index is 13.0. The number of carbonyl (C=O) groups is 1. The SMILES string of the molecule is CN(C)CCOC[C@]12CCCO[C@@H]1CCN(C(=O)C1=CCCCC1)C2. The van der Waals surface area contributed by atoms with Crippen LogP contribution in [-0.2, 0) is 14.3 Å². The van der Waals surface area contributed by atoms with Crippen molar-refractivity contribution in [2.75, 3.05) is 53.6 Å². The van der Waals surface area contributed by atoms with Gasteiger partial charge in [0.1, 0.15) is 0 Å². The average molecular weight is 351 g/mol. The van der Waals surface area contributed by atoms with E-state index in [1.54, 1.807) is 0 Å². The second-order valence-corrected chi connectivity index (χ2v) is 8.17. The first-order valence-electron chi connectivity index (χ1n) is 9.93. The molecule has 0 aromatic carbocycles. The molecule has 3 aliphatic rings. The van der Waals surface area contributed by atoms with Crippen LogP contribution in [0.2, 0.25) is 0 Å². The number of carbonyl (C=O) groups excluding carboxylic acids is 1. The van der Waals surface area contributed by atoms with E-state index in [1.165, 1.54) is 6.42 Å². The van der Waals surface area contributed by atoms with Crippen LogP contribution in [0.3, 0.4) is 0 Å². The molecule has 2 atom stereocenters. The smallest absolute Gasteiger partial charge is 0.249 e. The molecule has 0 spiro atoms. The highest BCUT2D eigenvalue weighted by Gasteiger charge is 2.47. The van der Waals surface area contributed by atoms with E-state index >= 15 is 0 Å². The predicted molar refractivity (Wildman–Crippen MR) is 98.5 cm³/mol. The monoisotopic (exact) mass is 350 g/mol. The fourth-order valence-electron chi connectivity index (χ4n) is 4.43. The van der Waals surface area contributed by atoms with Crippen molar-refractivity contribution in [1.82, 2.24) is 9.80 Å². The second-order valence-electron chi connectivity index (χ2n) is 8.17. The first kappa shape index (κ1) is 18.9. The number of hydrogen-bond donors (Lipinski definition) is 0. The second kappa shape index (κ2) is 8.65. The van der Waals surface area contributed by atoms with Gasteiger partial charge in [-0.05, 0) is 59.0 Å². The van der Waals surface area contributed by atoms with E-state index in [0.717, 1.165) is 76.9 Å². The molecular weight excluding hydrogens is 316 g/mol. The zero-order valence-electron chi connectivity index (χ0n) is 16.0. The molecule has 5 heteroatoms. The van der Waals surface area contributed by atoms with Crippen LogP contribution in [0.4, 0.5) is 0 Å². The van der Waals surface area contributed by atoms with Crippen LogP contribution in [0.5, 0.6) is 0 Å². The standard InChI is InChI=1S/C20H34N2O3/c1-21(2)12-14-24-16-20-10-6-13-25-18(20)9-11-22(15-20)19(23)17-7-4-3-5-8-17/h7,18H,3-6,8-16H2,1-2H3/t18-,20-/m1/s1. The summed E-state index contributed by atoms with van der Waals surface area (Å²) in [5.74, 6) is 0.261. The van der Waals surface area contributed by atoms with Gasteiger partial charge in [-0.25, -0.2) is 0 Å². The molecule has 142 valence electrons. The van der Waals surface area contributed by atoms with Gasteiger partial charge in [0, 0.05) is 37.2 Å². The van der Waals surface area contributed by atoms with E-state index in [0.29, 0.717) is 6.61 Å². The Hall–Kier alpha value is -0.910. The normalized spacial score (nSPS) is 30.1. The highest BCUT2D eigenvalue weighted by Crippen LogP contribution is 2.41. The Balaban J connectivity index is 1.64. The van der Waals surface area contributed by atoms with Gasteiger partial charge in [-0.3, -0.25) is 4.79 Å². The van der Waals surface area contributed by atoms with E-state index in [1.807, 2.05) is 0 Å². The van der Waals surface area contributed by atoms with Gasteiger partial charge in [0.05, 0.1) is 19.3 Å². The minimum absolute atomic E-state index is 0.0201. The zero-order valence-corrected chi connectivity index (χ0v) is 16.0. The van der Waals surface area contributed by atoms with Crippen molar-refractivity contribution in [3.05, 3.63) is 11.6 Å². The van der Waals surface area contributed by atoms with Gasteiger partial charge in [0.15, 0.2) is 0 Å². The van der Waals surface area contributed by atoms with Crippen molar-refractivity contribution < 1.29 is 14.3 Å². The number of allylic oxidation sites excluding steroid dienone is 1. The molecule has 2 fully saturated rings. The van der Waals surface area contributed by atoms with Crippen LogP contribution in [0.25, 0.3) is 0 Å². The third-order valence-electron chi connectivity index (χ3n) is 5.91. The molecule has 0 saturated carbocycles. The number of ether oxygens (including phenoxy) is 2. The summed E-state index contributed by atoms with van der Waals surface area (Å²) >= 11 is 0. The Morgan fingerprint density at radius 2 is 2.28 bits per heavy atom. The van der Waals surface area contributed by atoms with Crippen molar-refractivity contribution in [1.29, 1.82) is 0 Å². The highest BCUT2D eigenvalue weighted by molar-refractivity contribution is 5.93. The minimum atomic E-state index is -0.0201. The van der Waals surface area contributed by atoms with Gasteiger partial charge in [-0.2, -0.15) is 0 Å². The third-order valence-corrected chi connectivity index (χ3v) is 5.91. The number of fused-ring (bicyclic) bond motifs is 1. The summed E-state index contributed by atoms with van der Waals surface area (Å²) in [5.41, 5.74) is 1.01. The molecule has 0 unspecified atom stereocenters. The van der Waals surface area contributed by atoms with Crippen molar-refractivity contribution in [3.8, 4) is 0 Å². The molecule has 0 bridgehead atoms. The van der Waals surface area contributed by atoms with E-state index in [2.05, 4.69) is 30.0 Å². The fraction of sp³-hybridized carbons (Fsp3) is 0.850. The predicted octanol–water partition coefficient (Wildman–Crippen LogP) is 2.46. The van der Waals surface area contributed by atoms with Crippen molar-refractivity contribution in [3.63, 3.8) is 0 Å². The lowest BCUT2D eigenvalue weighted by atomic mass is 9.72. The van der Waals surface area contributed by atoms with Crippen molar-refractivity contribution >= 4 is 5.91 Å². The van der Waals surface area contributed by atoms with Crippen LogP contribution in [0, 0.1) is 5.41 Å². The van der Waals surface area contributed by atoms with Crippen molar-refractivity contribution in [2.24, 2.45) is 5.41 Å². The third kappa shape index (κ3) is 4.63. The largest absolute Gasteiger partial charge is 0.379 e. The summed E-state index contributed by atoms with van der Waals surface area (Å²) in [6.07, 6.45) is 9.88. The minimum Gasteiger partial charge on any atom is -0.379 e. The van der Waals surface area contributed by atoms with Gasteiger partial charge in [0.25, 0.3) is 0 Å². The molecule has 1 aliphatic carbocycles. The average Bonchev–Trinajstić information content (AvgIpc) is 2.65. The van der Waals surface area contributed by atoms with Crippen LogP contribution >= 0.6 is 0 Å². The molecule has 0 N–H and O–H groups in total. The number of amides is 1. The number of likely N-dealkylation sites (N-methyl/N-ethyl adjacent to an activating group) is 1. The Morgan fingerprint density at radius 1 is 1.40 bits per heavy atom. The molecule has 0 radical (unpaired) electrons. The van der Waals surface area contributed by atoms with E-state index in [9.17, 15) is 4.79 Å². The molecule has 2 saturated heterocycles.